The van der Waals surface area contributed by atoms with Gasteiger partial charge in [0.15, 0.2) is 11.6 Å². The van der Waals surface area contributed by atoms with E-state index in [2.05, 4.69) is 31.1 Å². The van der Waals surface area contributed by atoms with Gasteiger partial charge in [-0.05, 0) is 51.0 Å². The van der Waals surface area contributed by atoms with Crippen molar-refractivity contribution >= 4 is 35.1 Å². The fourth-order valence-corrected chi connectivity index (χ4v) is 3.07. The highest BCUT2D eigenvalue weighted by molar-refractivity contribution is 6.07. The zero-order chi connectivity index (χ0) is 21.8. The Morgan fingerprint density at radius 3 is 2.37 bits per heavy atom. The topological polar surface area (TPSA) is 132 Å². The number of carbonyl (C=O) groups is 2. The summed E-state index contributed by atoms with van der Waals surface area (Å²) in [7, 11) is 3.71. The number of carboxylic acid groups (broad SMARTS) is 1. The summed E-state index contributed by atoms with van der Waals surface area (Å²) in [4.78, 5) is 30.3. The Hall–Kier alpha value is -3.43. The van der Waals surface area contributed by atoms with E-state index in [0.717, 1.165) is 0 Å². The first-order chi connectivity index (χ1) is 14.2. The average Bonchev–Trinajstić information content (AvgIpc) is 2.64. The van der Waals surface area contributed by atoms with Gasteiger partial charge in [-0.1, -0.05) is 0 Å². The van der Waals surface area contributed by atoms with Crippen LogP contribution in [-0.2, 0) is 4.79 Å². The maximum Gasteiger partial charge on any atom is 0.306 e. The number of nitrogens with zero attached hydrogens (tertiary/aromatic N) is 4. The van der Waals surface area contributed by atoms with Crippen molar-refractivity contribution in [1.29, 1.82) is 0 Å². The molecule has 0 radical (unpaired) electrons. The second kappa shape index (κ2) is 8.93. The predicted octanol–water partition coefficient (Wildman–Crippen LogP) is 2.29. The number of aromatic nitrogens is 3. The van der Waals surface area contributed by atoms with Crippen molar-refractivity contribution in [2.24, 2.45) is 5.92 Å². The van der Waals surface area contributed by atoms with Gasteiger partial charge in [0.25, 0.3) is 5.91 Å². The van der Waals surface area contributed by atoms with Gasteiger partial charge in [0.1, 0.15) is 11.6 Å². The van der Waals surface area contributed by atoms with Gasteiger partial charge in [0.2, 0.25) is 0 Å². The van der Waals surface area contributed by atoms with Crippen LogP contribution in [0.5, 0.6) is 0 Å². The molecule has 30 heavy (non-hydrogen) atoms. The Morgan fingerprint density at radius 1 is 1.10 bits per heavy atom. The first kappa shape index (κ1) is 21.3. The molecule has 2 heterocycles. The number of nitrogens with one attached hydrogen (secondary N) is 3. The lowest BCUT2D eigenvalue weighted by Crippen LogP contribution is -2.40. The van der Waals surface area contributed by atoms with Crippen molar-refractivity contribution in [2.75, 3.05) is 34.9 Å². The number of pyridine rings is 1. The Labute approximate surface area is 175 Å². The number of amides is 1. The van der Waals surface area contributed by atoms with Gasteiger partial charge in [-0.3, -0.25) is 9.59 Å². The molecule has 2 aromatic rings. The average molecular weight is 413 g/mol. The van der Waals surface area contributed by atoms with Crippen molar-refractivity contribution in [3.63, 3.8) is 0 Å². The molecule has 0 aromatic carbocycles. The Balaban J connectivity index is 1.77. The minimum atomic E-state index is -0.797. The predicted molar refractivity (Wildman–Crippen MR) is 115 cm³/mol. The minimum Gasteiger partial charge on any atom is -0.481 e. The fraction of sp³-hybridized carbons (Fsp3) is 0.450. The normalized spacial score (nSPS) is 17.8. The van der Waals surface area contributed by atoms with Crippen LogP contribution in [0.2, 0.25) is 0 Å². The highest BCUT2D eigenvalue weighted by Gasteiger charge is 2.35. The summed E-state index contributed by atoms with van der Waals surface area (Å²) in [6.07, 6.45) is 0.995. The summed E-state index contributed by atoms with van der Waals surface area (Å²) in [5, 5.41) is 26.3. The van der Waals surface area contributed by atoms with Crippen molar-refractivity contribution < 1.29 is 14.7 Å². The second-order valence-electron chi connectivity index (χ2n) is 7.86. The molecular weight excluding hydrogens is 386 g/mol. The van der Waals surface area contributed by atoms with Crippen LogP contribution in [0.15, 0.2) is 24.3 Å². The Morgan fingerprint density at radius 2 is 1.80 bits per heavy atom. The zero-order valence-electron chi connectivity index (χ0n) is 17.5. The van der Waals surface area contributed by atoms with Crippen LogP contribution in [0, 0.1) is 5.92 Å². The molecule has 4 N–H and O–H groups in total. The van der Waals surface area contributed by atoms with E-state index in [-0.39, 0.29) is 23.9 Å². The van der Waals surface area contributed by atoms with Gasteiger partial charge in [-0.25, -0.2) is 4.98 Å². The Bertz CT molecular complexity index is 909. The molecule has 2 aromatic heterocycles. The largest absolute Gasteiger partial charge is 0.481 e. The van der Waals surface area contributed by atoms with Crippen molar-refractivity contribution in [2.45, 2.75) is 38.8 Å². The number of hydrogen-bond acceptors (Lipinski definition) is 8. The maximum atomic E-state index is 12.9. The van der Waals surface area contributed by atoms with Crippen LogP contribution in [0.4, 0.5) is 23.3 Å². The first-order valence-electron chi connectivity index (χ1n) is 9.82. The van der Waals surface area contributed by atoms with Crippen LogP contribution in [0.3, 0.4) is 0 Å². The van der Waals surface area contributed by atoms with E-state index in [1.54, 1.807) is 24.3 Å². The lowest BCUT2D eigenvalue weighted by Gasteiger charge is -2.33. The van der Waals surface area contributed by atoms with Crippen LogP contribution >= 0.6 is 0 Å². The molecule has 0 saturated heterocycles. The second-order valence-corrected chi connectivity index (χ2v) is 7.86. The lowest BCUT2D eigenvalue weighted by molar-refractivity contribution is -0.144. The number of rotatable bonds is 8. The van der Waals surface area contributed by atoms with Crippen LogP contribution in [0.1, 0.15) is 37.0 Å². The number of carbonyl (C=O) groups excluding carboxylic acids is 1. The van der Waals surface area contributed by atoms with Crippen molar-refractivity contribution in [1.82, 2.24) is 15.2 Å². The van der Waals surface area contributed by atoms with Gasteiger partial charge in [0, 0.05) is 26.2 Å². The molecule has 0 unspecified atom stereocenters. The lowest BCUT2D eigenvalue weighted by atomic mass is 9.80. The van der Waals surface area contributed by atoms with Gasteiger partial charge < -0.3 is 26.0 Å². The summed E-state index contributed by atoms with van der Waals surface area (Å²) < 4.78 is 0. The van der Waals surface area contributed by atoms with Crippen LogP contribution < -0.4 is 20.9 Å². The van der Waals surface area contributed by atoms with Gasteiger partial charge in [0.05, 0.1) is 11.5 Å². The van der Waals surface area contributed by atoms with E-state index in [1.165, 1.54) is 0 Å². The molecule has 1 aliphatic carbocycles. The highest BCUT2D eigenvalue weighted by Crippen LogP contribution is 2.31. The van der Waals surface area contributed by atoms with Gasteiger partial charge in [-0.2, -0.15) is 0 Å². The molecule has 0 spiro atoms. The number of aliphatic carboxylic acids is 1. The van der Waals surface area contributed by atoms with E-state index in [9.17, 15) is 9.59 Å². The molecule has 0 aliphatic heterocycles. The van der Waals surface area contributed by atoms with Gasteiger partial charge >= 0.3 is 5.97 Å². The smallest absolute Gasteiger partial charge is 0.306 e. The minimum absolute atomic E-state index is 0.0429. The summed E-state index contributed by atoms with van der Waals surface area (Å²) in [6.45, 7) is 3.99. The fourth-order valence-electron chi connectivity index (χ4n) is 3.07. The van der Waals surface area contributed by atoms with E-state index in [4.69, 9.17) is 5.11 Å². The molecule has 160 valence electrons. The third-order valence-corrected chi connectivity index (χ3v) is 4.75. The van der Waals surface area contributed by atoms with Crippen LogP contribution in [-0.4, -0.2) is 58.3 Å². The molecule has 1 aliphatic rings. The molecule has 3 rings (SSSR count). The molecule has 1 saturated carbocycles. The highest BCUT2D eigenvalue weighted by atomic mass is 16.4. The van der Waals surface area contributed by atoms with Crippen molar-refractivity contribution in [3.8, 4) is 0 Å². The van der Waals surface area contributed by atoms with Gasteiger partial charge in [-0.15, -0.1) is 10.2 Å². The molecular formula is C20H27N7O3. The monoisotopic (exact) mass is 413 g/mol. The summed E-state index contributed by atoms with van der Waals surface area (Å²) >= 11 is 0. The molecule has 1 amide bonds. The molecule has 10 nitrogen and oxygen atoms in total. The van der Waals surface area contributed by atoms with E-state index >= 15 is 0 Å². The quantitative estimate of drug-likeness (QED) is 0.514. The first-order valence-corrected chi connectivity index (χ1v) is 9.82. The molecule has 0 atom stereocenters. The zero-order valence-corrected chi connectivity index (χ0v) is 17.5. The number of hydrogen-bond donors (Lipinski definition) is 4. The van der Waals surface area contributed by atoms with Crippen molar-refractivity contribution in [3.05, 3.63) is 29.8 Å². The maximum absolute atomic E-state index is 12.9. The summed E-state index contributed by atoms with van der Waals surface area (Å²) in [5.41, 5.74) is 0.349. The van der Waals surface area contributed by atoms with Crippen LogP contribution in [0.25, 0.3) is 0 Å². The standard InChI is InChI=1S/C20H27N7O3/c1-11(2)21-15-6-5-14(18(23-15)22-13-9-12(10-13)20(29)30)19(28)24-16-7-8-17(26-25-16)27(3)4/h5-8,11-13H,9-10H2,1-4H3,(H,29,30)(H2,21,22,23)(H,24,25,28). The number of carboxylic acids is 1. The Kier molecular flexibility index (Phi) is 6.34. The summed E-state index contributed by atoms with van der Waals surface area (Å²) in [6, 6.07) is 7.00. The van der Waals surface area contributed by atoms with E-state index < -0.39 is 5.97 Å². The van der Waals surface area contributed by atoms with E-state index in [1.807, 2.05) is 32.8 Å². The third kappa shape index (κ3) is 5.13. The SMILES string of the molecule is CC(C)Nc1ccc(C(=O)Nc2ccc(N(C)C)nn2)c(NC2CC(C(=O)O)C2)n1. The number of anilines is 4. The molecule has 0 bridgehead atoms. The molecule has 1 fully saturated rings. The van der Waals surface area contributed by atoms with E-state index in [0.29, 0.717) is 41.7 Å². The summed E-state index contributed by atoms with van der Waals surface area (Å²) in [5.74, 6) is 0.519. The third-order valence-electron chi connectivity index (χ3n) is 4.75. The molecule has 10 heteroatoms.